The highest BCUT2D eigenvalue weighted by molar-refractivity contribution is 9.10. The molecule has 0 fully saturated rings. The first-order valence-electron chi connectivity index (χ1n) is 10.1. The lowest BCUT2D eigenvalue weighted by Gasteiger charge is -2.33. The fourth-order valence-corrected chi connectivity index (χ4v) is 10.6. The van der Waals surface area contributed by atoms with Gasteiger partial charge in [0.15, 0.2) is 0 Å². The largest absolute Gasteiger partial charge is 1.00 e. The molecule has 0 aromatic heterocycles. The van der Waals surface area contributed by atoms with E-state index in [1.807, 2.05) is 0 Å². The molecule has 0 spiro atoms. The Kier molecular flexibility index (Phi) is 6.58. The number of hydrogen-bond donors (Lipinski definition) is 0. The quantitative estimate of drug-likeness (QED) is 0.350. The minimum atomic E-state index is -1.87. The van der Waals surface area contributed by atoms with Crippen molar-refractivity contribution in [2.24, 2.45) is 0 Å². The van der Waals surface area contributed by atoms with Crippen molar-refractivity contribution in [1.82, 2.24) is 0 Å². The summed E-state index contributed by atoms with van der Waals surface area (Å²) in [5.41, 5.74) is 3.50. The van der Waals surface area contributed by atoms with Crippen LogP contribution < -0.4 is 32.9 Å². The van der Waals surface area contributed by atoms with E-state index < -0.39 is 7.26 Å². The minimum absolute atomic E-state index is 0. The molecule has 1 aliphatic rings. The van der Waals surface area contributed by atoms with Crippen LogP contribution in [0, 0.1) is 0 Å². The number of fused-ring (bicyclic) bond motifs is 1. The lowest BCUT2D eigenvalue weighted by molar-refractivity contribution is -0.00000542. The van der Waals surface area contributed by atoms with Gasteiger partial charge in [-0.2, -0.15) is 0 Å². The summed E-state index contributed by atoms with van der Waals surface area (Å²) in [6, 6.07) is 40.5. The van der Waals surface area contributed by atoms with Gasteiger partial charge in [-0.3, -0.25) is 0 Å². The van der Waals surface area contributed by atoms with E-state index in [1.54, 1.807) is 0 Å². The first kappa shape index (κ1) is 21.5. The van der Waals surface area contributed by atoms with Gasteiger partial charge in [-0.15, -0.1) is 0 Å². The molecular formula is C27H23Br2P. The monoisotopic (exact) mass is 536 g/mol. The summed E-state index contributed by atoms with van der Waals surface area (Å²) >= 11 is 3.82. The topological polar surface area (TPSA) is 0 Å². The van der Waals surface area contributed by atoms with Gasteiger partial charge < -0.3 is 17.0 Å². The van der Waals surface area contributed by atoms with Crippen molar-refractivity contribution >= 4 is 39.1 Å². The lowest BCUT2D eigenvalue weighted by Crippen LogP contribution is -3.00. The van der Waals surface area contributed by atoms with Crippen LogP contribution in [0.2, 0.25) is 0 Å². The van der Waals surface area contributed by atoms with Crippen molar-refractivity contribution < 1.29 is 17.0 Å². The lowest BCUT2D eigenvalue weighted by atomic mass is 10.1. The molecule has 4 aromatic carbocycles. The Morgan fingerprint density at radius 2 is 1.07 bits per heavy atom. The third kappa shape index (κ3) is 3.50. The van der Waals surface area contributed by atoms with Crippen LogP contribution in [-0.4, -0.2) is 0 Å². The molecule has 0 N–H and O–H groups in total. The zero-order valence-corrected chi connectivity index (χ0v) is 20.7. The molecule has 150 valence electrons. The minimum Gasteiger partial charge on any atom is -1.00 e. The van der Waals surface area contributed by atoms with E-state index in [2.05, 4.69) is 125 Å². The van der Waals surface area contributed by atoms with E-state index in [0.717, 1.165) is 6.42 Å². The summed E-state index contributed by atoms with van der Waals surface area (Å²) in [5.74, 6) is 0. The van der Waals surface area contributed by atoms with Crippen LogP contribution in [0.4, 0.5) is 0 Å². The second kappa shape index (κ2) is 9.18. The van der Waals surface area contributed by atoms with Gasteiger partial charge in [-0.05, 0) is 66.4 Å². The van der Waals surface area contributed by atoms with E-state index in [4.69, 9.17) is 0 Å². The Balaban J connectivity index is 0.00000218. The highest BCUT2D eigenvalue weighted by Crippen LogP contribution is 2.70. The Morgan fingerprint density at radius 3 is 1.53 bits per heavy atom. The van der Waals surface area contributed by atoms with Crippen LogP contribution in [0.15, 0.2) is 114 Å². The zero-order chi connectivity index (χ0) is 19.7. The third-order valence-electron chi connectivity index (χ3n) is 6.14. The Bertz CT molecular complexity index is 1010. The van der Waals surface area contributed by atoms with Gasteiger partial charge in [0, 0.05) is 4.47 Å². The molecule has 3 heteroatoms. The molecule has 1 atom stereocenters. The maximum Gasteiger partial charge on any atom is 0.119 e. The van der Waals surface area contributed by atoms with Crippen molar-refractivity contribution in [3.8, 4) is 0 Å². The third-order valence-corrected chi connectivity index (χ3v) is 11.7. The average Bonchev–Trinajstić information content (AvgIpc) is 3.23. The molecule has 0 heterocycles. The normalized spacial score (nSPS) is 15.3. The molecule has 0 aliphatic heterocycles. The maximum absolute atomic E-state index is 3.82. The fourth-order valence-electron chi connectivity index (χ4n) is 4.97. The van der Waals surface area contributed by atoms with Crippen molar-refractivity contribution in [3.05, 3.63) is 125 Å². The zero-order valence-electron chi connectivity index (χ0n) is 16.6. The molecule has 4 aromatic rings. The molecule has 1 aliphatic carbocycles. The second-order valence-electron chi connectivity index (χ2n) is 7.59. The Hall–Kier alpha value is -1.73. The Labute approximate surface area is 198 Å². The van der Waals surface area contributed by atoms with Crippen molar-refractivity contribution in [1.29, 1.82) is 0 Å². The van der Waals surface area contributed by atoms with E-state index in [0.29, 0.717) is 5.66 Å². The van der Waals surface area contributed by atoms with Gasteiger partial charge >= 0.3 is 0 Å². The van der Waals surface area contributed by atoms with Crippen LogP contribution in [0.25, 0.3) is 0 Å². The highest BCUT2D eigenvalue weighted by atomic mass is 79.9. The van der Waals surface area contributed by atoms with Crippen molar-refractivity contribution in [3.63, 3.8) is 0 Å². The van der Waals surface area contributed by atoms with Crippen LogP contribution >= 0.6 is 23.2 Å². The first-order chi connectivity index (χ1) is 14.3. The van der Waals surface area contributed by atoms with Crippen LogP contribution in [-0.2, 0) is 6.42 Å². The van der Waals surface area contributed by atoms with E-state index in [1.165, 1.54) is 37.9 Å². The van der Waals surface area contributed by atoms with Gasteiger partial charge in [0.2, 0.25) is 0 Å². The number of rotatable bonds is 4. The number of hydrogen-bond acceptors (Lipinski definition) is 0. The molecule has 0 amide bonds. The Morgan fingerprint density at radius 1 is 0.600 bits per heavy atom. The number of halogens is 2. The molecule has 0 bridgehead atoms. The van der Waals surface area contributed by atoms with Crippen LogP contribution in [0.3, 0.4) is 0 Å². The summed E-state index contributed by atoms with van der Waals surface area (Å²) in [4.78, 5) is 0. The van der Waals surface area contributed by atoms with E-state index in [-0.39, 0.29) is 17.0 Å². The smallest absolute Gasteiger partial charge is 0.119 e. The molecular weight excluding hydrogens is 515 g/mol. The standard InChI is InChI=1S/C27H23BrP.BrH/c28-26-18-10-17-25-24(26)19-20-27(25)29(21-11-4-1-5-12-21,22-13-6-2-7-14-22)23-15-8-3-9-16-23;/h1-18,27H,19-20H2;1H/q+1;/p-1. The fraction of sp³-hybridized carbons (Fsp3) is 0.111. The number of benzene rings is 4. The van der Waals surface area contributed by atoms with Crippen LogP contribution in [0.1, 0.15) is 23.2 Å². The molecule has 0 saturated heterocycles. The molecule has 5 rings (SSSR count). The summed E-state index contributed by atoms with van der Waals surface area (Å²) in [6.07, 6.45) is 2.32. The van der Waals surface area contributed by atoms with Crippen LogP contribution in [0.5, 0.6) is 0 Å². The summed E-state index contributed by atoms with van der Waals surface area (Å²) in [7, 11) is -1.87. The average molecular weight is 538 g/mol. The molecule has 0 radical (unpaired) electrons. The van der Waals surface area contributed by atoms with Gasteiger partial charge in [0.25, 0.3) is 0 Å². The van der Waals surface area contributed by atoms with E-state index >= 15 is 0 Å². The molecule has 0 saturated carbocycles. The first-order valence-corrected chi connectivity index (χ1v) is 12.8. The molecule has 0 nitrogen and oxygen atoms in total. The van der Waals surface area contributed by atoms with E-state index in [9.17, 15) is 0 Å². The molecule has 30 heavy (non-hydrogen) atoms. The predicted octanol–water partition coefficient (Wildman–Crippen LogP) is 3.43. The van der Waals surface area contributed by atoms with Gasteiger partial charge in [0.05, 0.1) is 0 Å². The summed E-state index contributed by atoms with van der Waals surface area (Å²) < 4.78 is 1.25. The van der Waals surface area contributed by atoms with Gasteiger partial charge in [-0.1, -0.05) is 82.7 Å². The second-order valence-corrected chi connectivity index (χ2v) is 12.1. The summed E-state index contributed by atoms with van der Waals surface area (Å²) in [6.45, 7) is 0. The summed E-state index contributed by atoms with van der Waals surface area (Å²) in [5, 5.41) is 4.40. The van der Waals surface area contributed by atoms with Gasteiger partial charge in [0.1, 0.15) is 28.8 Å². The van der Waals surface area contributed by atoms with Gasteiger partial charge in [-0.25, -0.2) is 0 Å². The van der Waals surface area contributed by atoms with Crippen molar-refractivity contribution in [2.75, 3.05) is 0 Å². The maximum atomic E-state index is 3.82. The SMILES string of the molecule is Brc1cccc2c1CCC2[P+](c1ccccc1)(c1ccccc1)c1ccccc1.[Br-]. The predicted molar refractivity (Wildman–Crippen MR) is 130 cm³/mol. The molecule has 1 unspecified atom stereocenters. The van der Waals surface area contributed by atoms with Crippen molar-refractivity contribution in [2.45, 2.75) is 18.5 Å². The highest BCUT2D eigenvalue weighted by Gasteiger charge is 2.54.